The van der Waals surface area contributed by atoms with Gasteiger partial charge in [0, 0.05) is 24.5 Å². The van der Waals surface area contributed by atoms with Crippen LogP contribution in [0.3, 0.4) is 0 Å². The molecule has 0 radical (unpaired) electrons. The zero-order valence-corrected chi connectivity index (χ0v) is 13.8. The molecular formula is C17H20N4O3. The van der Waals surface area contributed by atoms with Crippen molar-refractivity contribution in [3.05, 3.63) is 51.8 Å². The fourth-order valence-corrected chi connectivity index (χ4v) is 2.89. The molecule has 1 amide bonds. The minimum Gasteiger partial charge on any atom is -0.472 e. The highest BCUT2D eigenvalue weighted by Gasteiger charge is 2.27. The molecule has 0 spiro atoms. The summed E-state index contributed by atoms with van der Waals surface area (Å²) in [6.07, 6.45) is 3.04. The van der Waals surface area contributed by atoms with Gasteiger partial charge in [-0.05, 0) is 38.8 Å². The number of pyridine rings is 1. The van der Waals surface area contributed by atoms with E-state index in [1.54, 1.807) is 23.1 Å². The Morgan fingerprint density at radius 2 is 2.21 bits per heavy atom. The van der Waals surface area contributed by atoms with E-state index >= 15 is 0 Å². The van der Waals surface area contributed by atoms with E-state index in [-0.39, 0.29) is 23.1 Å². The molecule has 0 aromatic carbocycles. The van der Waals surface area contributed by atoms with Gasteiger partial charge in [-0.25, -0.2) is 4.98 Å². The molecule has 1 unspecified atom stereocenters. The fraction of sp³-hybridized carbons (Fsp3) is 0.412. The number of rotatable bonds is 3. The van der Waals surface area contributed by atoms with Crippen molar-refractivity contribution in [3.8, 4) is 5.88 Å². The van der Waals surface area contributed by atoms with Gasteiger partial charge in [-0.3, -0.25) is 9.59 Å². The van der Waals surface area contributed by atoms with Crippen molar-refractivity contribution in [3.63, 3.8) is 0 Å². The summed E-state index contributed by atoms with van der Waals surface area (Å²) in [4.78, 5) is 37.1. The molecule has 7 nitrogen and oxygen atoms in total. The van der Waals surface area contributed by atoms with Gasteiger partial charge in [0.1, 0.15) is 17.5 Å². The van der Waals surface area contributed by atoms with Gasteiger partial charge in [0.2, 0.25) is 5.88 Å². The predicted octanol–water partition coefficient (Wildman–Crippen LogP) is 1.47. The lowest BCUT2D eigenvalue weighted by Gasteiger charge is -2.32. The Morgan fingerprint density at radius 3 is 2.96 bits per heavy atom. The number of aromatic amines is 1. The lowest BCUT2D eigenvalue weighted by Crippen LogP contribution is -2.45. The van der Waals surface area contributed by atoms with Crippen molar-refractivity contribution in [2.24, 2.45) is 0 Å². The van der Waals surface area contributed by atoms with Gasteiger partial charge < -0.3 is 14.6 Å². The zero-order chi connectivity index (χ0) is 17.1. The van der Waals surface area contributed by atoms with Crippen LogP contribution in [0.25, 0.3) is 0 Å². The minimum absolute atomic E-state index is 0.140. The lowest BCUT2D eigenvalue weighted by atomic mass is 10.1. The maximum absolute atomic E-state index is 12.6. The van der Waals surface area contributed by atoms with Gasteiger partial charge in [0.25, 0.3) is 11.5 Å². The third kappa shape index (κ3) is 3.61. The molecule has 0 saturated carbocycles. The summed E-state index contributed by atoms with van der Waals surface area (Å²) in [6.45, 7) is 4.77. The summed E-state index contributed by atoms with van der Waals surface area (Å²) in [5, 5.41) is 0. The molecule has 24 heavy (non-hydrogen) atoms. The largest absolute Gasteiger partial charge is 0.472 e. The Bertz CT molecular complexity index is 782. The molecule has 2 aromatic heterocycles. The molecule has 7 heteroatoms. The van der Waals surface area contributed by atoms with E-state index < -0.39 is 0 Å². The van der Waals surface area contributed by atoms with Crippen molar-refractivity contribution in [1.82, 2.24) is 19.9 Å². The number of aryl methyl sites for hydroxylation is 2. The van der Waals surface area contributed by atoms with Crippen LogP contribution < -0.4 is 10.3 Å². The van der Waals surface area contributed by atoms with Crippen LogP contribution in [0.5, 0.6) is 5.88 Å². The van der Waals surface area contributed by atoms with Gasteiger partial charge in [0.15, 0.2) is 0 Å². The summed E-state index contributed by atoms with van der Waals surface area (Å²) in [5.74, 6) is 0.918. The Hall–Kier alpha value is -2.70. The van der Waals surface area contributed by atoms with Crippen LogP contribution in [0.2, 0.25) is 0 Å². The zero-order valence-electron chi connectivity index (χ0n) is 13.8. The molecule has 1 aliphatic rings. The molecule has 1 atom stereocenters. The van der Waals surface area contributed by atoms with Crippen LogP contribution in [0.4, 0.5) is 0 Å². The highest BCUT2D eigenvalue weighted by Crippen LogP contribution is 2.18. The molecule has 126 valence electrons. The van der Waals surface area contributed by atoms with E-state index in [2.05, 4.69) is 15.0 Å². The van der Waals surface area contributed by atoms with Gasteiger partial charge in [0.05, 0.1) is 6.54 Å². The Balaban J connectivity index is 1.71. The summed E-state index contributed by atoms with van der Waals surface area (Å²) < 4.78 is 5.93. The third-order valence-corrected chi connectivity index (χ3v) is 3.94. The number of ether oxygens (including phenoxy) is 1. The second kappa shape index (κ2) is 6.82. The van der Waals surface area contributed by atoms with Crippen molar-refractivity contribution in [2.75, 3.05) is 13.1 Å². The molecule has 3 rings (SSSR count). The van der Waals surface area contributed by atoms with Crippen molar-refractivity contribution in [1.29, 1.82) is 0 Å². The maximum Gasteiger partial charge on any atom is 0.260 e. The van der Waals surface area contributed by atoms with Crippen LogP contribution in [-0.4, -0.2) is 45.0 Å². The van der Waals surface area contributed by atoms with Crippen LogP contribution >= 0.6 is 0 Å². The number of piperidine rings is 1. The van der Waals surface area contributed by atoms with Crippen LogP contribution in [-0.2, 0) is 0 Å². The number of carbonyl (C=O) groups is 1. The Labute approximate surface area is 139 Å². The number of hydrogen-bond donors (Lipinski definition) is 1. The van der Waals surface area contributed by atoms with E-state index in [4.69, 9.17) is 4.74 Å². The standard InChI is InChI=1S/C17H20N4O3/c1-11-9-15(20-12(2)19-11)24-13-5-4-8-21(10-13)17(23)14-6-3-7-18-16(14)22/h3,6-7,9,13H,4-5,8,10H2,1-2H3,(H,18,22). The fourth-order valence-electron chi connectivity index (χ4n) is 2.89. The van der Waals surface area contributed by atoms with Gasteiger partial charge >= 0.3 is 0 Å². The first-order valence-electron chi connectivity index (χ1n) is 7.99. The number of carbonyl (C=O) groups excluding carboxylic acids is 1. The molecular weight excluding hydrogens is 308 g/mol. The van der Waals surface area contributed by atoms with Crippen LogP contribution in [0.1, 0.15) is 34.7 Å². The second-order valence-corrected chi connectivity index (χ2v) is 5.94. The molecule has 1 aliphatic heterocycles. The number of H-pyrrole nitrogens is 1. The summed E-state index contributed by atoms with van der Waals surface area (Å²) in [7, 11) is 0. The maximum atomic E-state index is 12.6. The van der Waals surface area contributed by atoms with E-state index in [1.165, 1.54) is 6.20 Å². The monoisotopic (exact) mass is 328 g/mol. The van der Waals surface area contributed by atoms with E-state index in [0.29, 0.717) is 24.8 Å². The number of nitrogens with one attached hydrogen (secondary N) is 1. The molecule has 1 saturated heterocycles. The quantitative estimate of drug-likeness (QED) is 0.921. The highest BCUT2D eigenvalue weighted by atomic mass is 16.5. The first-order chi connectivity index (χ1) is 11.5. The van der Waals surface area contributed by atoms with Crippen molar-refractivity contribution < 1.29 is 9.53 Å². The highest BCUT2D eigenvalue weighted by molar-refractivity contribution is 5.93. The van der Waals surface area contributed by atoms with E-state index in [9.17, 15) is 9.59 Å². The average Bonchev–Trinajstić information content (AvgIpc) is 2.54. The molecule has 3 heterocycles. The summed E-state index contributed by atoms with van der Waals surface area (Å²) in [6, 6.07) is 4.98. The topological polar surface area (TPSA) is 88.2 Å². The van der Waals surface area contributed by atoms with Gasteiger partial charge in [-0.2, -0.15) is 4.98 Å². The molecule has 1 N–H and O–H groups in total. The van der Waals surface area contributed by atoms with Gasteiger partial charge in [-0.1, -0.05) is 0 Å². The summed E-state index contributed by atoms with van der Waals surface area (Å²) in [5.41, 5.74) is 0.636. The van der Waals surface area contributed by atoms with E-state index in [1.807, 2.05) is 13.8 Å². The molecule has 1 fully saturated rings. The van der Waals surface area contributed by atoms with Crippen LogP contribution in [0, 0.1) is 13.8 Å². The number of amides is 1. The average molecular weight is 328 g/mol. The van der Waals surface area contributed by atoms with Crippen molar-refractivity contribution in [2.45, 2.75) is 32.8 Å². The lowest BCUT2D eigenvalue weighted by molar-refractivity contribution is 0.0525. The second-order valence-electron chi connectivity index (χ2n) is 5.94. The first kappa shape index (κ1) is 16.2. The summed E-state index contributed by atoms with van der Waals surface area (Å²) >= 11 is 0. The van der Waals surface area contributed by atoms with Crippen molar-refractivity contribution >= 4 is 5.91 Å². The molecule has 0 aliphatic carbocycles. The Morgan fingerprint density at radius 1 is 1.38 bits per heavy atom. The van der Waals surface area contributed by atoms with Crippen LogP contribution in [0.15, 0.2) is 29.2 Å². The van der Waals surface area contributed by atoms with E-state index in [0.717, 1.165) is 18.5 Å². The first-order valence-corrected chi connectivity index (χ1v) is 7.99. The number of likely N-dealkylation sites (tertiary alicyclic amines) is 1. The van der Waals surface area contributed by atoms with Gasteiger partial charge in [-0.15, -0.1) is 0 Å². The molecule has 0 bridgehead atoms. The number of hydrogen-bond acceptors (Lipinski definition) is 5. The molecule has 2 aromatic rings. The number of aromatic nitrogens is 3. The smallest absolute Gasteiger partial charge is 0.260 e. The minimum atomic E-state index is -0.368. The SMILES string of the molecule is Cc1cc(OC2CCCN(C(=O)c3ccc[nH]c3=O)C2)nc(C)n1. The third-order valence-electron chi connectivity index (χ3n) is 3.94. The predicted molar refractivity (Wildman–Crippen MR) is 88.1 cm³/mol. The normalized spacial score (nSPS) is 17.6. The number of nitrogens with zero attached hydrogens (tertiary/aromatic N) is 3. The Kier molecular flexibility index (Phi) is 4.59.